The summed E-state index contributed by atoms with van der Waals surface area (Å²) in [7, 11) is 0. The van der Waals surface area contributed by atoms with Gasteiger partial charge in [-0.3, -0.25) is 0 Å². The van der Waals surface area contributed by atoms with Crippen LogP contribution in [0.3, 0.4) is 0 Å². The standard InChI is InChI=1S/C16H34O3/c1-4-5-6-7-8-9-10-11-12-13-14-15(2,3)16(17,18)19/h17-19H,4-14H2,1-3H3. The topological polar surface area (TPSA) is 60.7 Å². The molecular formula is C16H34O3. The summed E-state index contributed by atoms with van der Waals surface area (Å²) in [6, 6.07) is 0. The molecule has 0 amide bonds. The molecule has 0 aliphatic carbocycles. The largest absolute Gasteiger partial charge is 0.343 e. The second kappa shape index (κ2) is 9.73. The molecule has 3 nitrogen and oxygen atoms in total. The Labute approximate surface area is 119 Å². The van der Waals surface area contributed by atoms with Gasteiger partial charge in [0.1, 0.15) is 0 Å². The predicted octanol–water partition coefficient (Wildman–Crippen LogP) is 3.95. The minimum Gasteiger partial charge on any atom is -0.343 e. The summed E-state index contributed by atoms with van der Waals surface area (Å²) in [4.78, 5) is 0. The van der Waals surface area contributed by atoms with E-state index in [0.717, 1.165) is 12.8 Å². The zero-order chi connectivity index (χ0) is 14.8. The molecule has 0 atom stereocenters. The molecule has 0 spiro atoms. The molecule has 0 rings (SSSR count). The maximum atomic E-state index is 9.20. The monoisotopic (exact) mass is 274 g/mol. The average molecular weight is 274 g/mol. The number of hydrogen-bond donors (Lipinski definition) is 3. The van der Waals surface area contributed by atoms with E-state index >= 15 is 0 Å². The van der Waals surface area contributed by atoms with Gasteiger partial charge in [-0.1, -0.05) is 85.0 Å². The fourth-order valence-electron chi connectivity index (χ4n) is 2.22. The van der Waals surface area contributed by atoms with Crippen LogP contribution in [0.15, 0.2) is 0 Å². The third-order valence-electron chi connectivity index (χ3n) is 4.06. The highest BCUT2D eigenvalue weighted by Crippen LogP contribution is 2.32. The van der Waals surface area contributed by atoms with Crippen LogP contribution in [0.2, 0.25) is 0 Å². The quantitative estimate of drug-likeness (QED) is 0.373. The Morgan fingerprint density at radius 2 is 1.00 bits per heavy atom. The Balaban J connectivity index is 3.37. The second-order valence-electron chi connectivity index (χ2n) is 6.45. The van der Waals surface area contributed by atoms with Crippen LogP contribution >= 0.6 is 0 Å². The first-order chi connectivity index (χ1) is 8.81. The molecule has 0 bridgehead atoms. The zero-order valence-electron chi connectivity index (χ0n) is 13.1. The van der Waals surface area contributed by atoms with Gasteiger partial charge in [-0.15, -0.1) is 0 Å². The highest BCUT2D eigenvalue weighted by molar-refractivity contribution is 4.75. The van der Waals surface area contributed by atoms with Gasteiger partial charge in [-0.05, 0) is 6.42 Å². The summed E-state index contributed by atoms with van der Waals surface area (Å²) in [5.74, 6) is -2.56. The summed E-state index contributed by atoms with van der Waals surface area (Å²) < 4.78 is 0. The normalized spacial score (nSPS) is 12.9. The molecule has 0 saturated carbocycles. The van der Waals surface area contributed by atoms with E-state index in [0.29, 0.717) is 6.42 Å². The maximum absolute atomic E-state index is 9.20. The average Bonchev–Trinajstić information content (AvgIpc) is 2.30. The van der Waals surface area contributed by atoms with Gasteiger partial charge in [0.2, 0.25) is 0 Å². The van der Waals surface area contributed by atoms with Crippen molar-refractivity contribution in [1.82, 2.24) is 0 Å². The van der Waals surface area contributed by atoms with Crippen molar-refractivity contribution in [1.29, 1.82) is 0 Å². The molecule has 0 aromatic rings. The van der Waals surface area contributed by atoms with Gasteiger partial charge in [0.05, 0.1) is 0 Å². The summed E-state index contributed by atoms with van der Waals surface area (Å²) in [6.07, 6.45) is 13.2. The minimum absolute atomic E-state index is 0.632. The van der Waals surface area contributed by atoms with Gasteiger partial charge < -0.3 is 15.3 Å². The van der Waals surface area contributed by atoms with E-state index in [2.05, 4.69) is 6.92 Å². The zero-order valence-corrected chi connectivity index (χ0v) is 13.1. The second-order valence-corrected chi connectivity index (χ2v) is 6.45. The van der Waals surface area contributed by atoms with E-state index in [1.807, 2.05) is 0 Å². The Morgan fingerprint density at radius 3 is 1.37 bits per heavy atom. The van der Waals surface area contributed by atoms with E-state index in [1.165, 1.54) is 51.4 Å². The Hall–Kier alpha value is -0.120. The number of hydrogen-bond acceptors (Lipinski definition) is 3. The van der Waals surface area contributed by atoms with Crippen molar-refractivity contribution < 1.29 is 15.3 Å². The molecule has 0 radical (unpaired) electrons. The molecule has 19 heavy (non-hydrogen) atoms. The van der Waals surface area contributed by atoms with Crippen LogP contribution < -0.4 is 0 Å². The number of rotatable bonds is 12. The Kier molecular flexibility index (Phi) is 9.67. The first-order valence-corrected chi connectivity index (χ1v) is 7.98. The highest BCUT2D eigenvalue weighted by Gasteiger charge is 2.39. The molecule has 0 aromatic heterocycles. The van der Waals surface area contributed by atoms with Crippen LogP contribution in [0, 0.1) is 5.41 Å². The van der Waals surface area contributed by atoms with E-state index in [9.17, 15) is 15.3 Å². The van der Waals surface area contributed by atoms with Crippen LogP contribution in [0.4, 0.5) is 0 Å². The maximum Gasteiger partial charge on any atom is 0.280 e. The van der Waals surface area contributed by atoms with Gasteiger partial charge in [0.25, 0.3) is 5.97 Å². The van der Waals surface area contributed by atoms with Gasteiger partial charge in [0, 0.05) is 5.41 Å². The van der Waals surface area contributed by atoms with Crippen molar-refractivity contribution in [2.24, 2.45) is 5.41 Å². The van der Waals surface area contributed by atoms with Crippen molar-refractivity contribution in [3.63, 3.8) is 0 Å². The fraction of sp³-hybridized carbons (Fsp3) is 1.00. The number of aliphatic hydroxyl groups is 3. The lowest BCUT2D eigenvalue weighted by Gasteiger charge is -2.33. The molecule has 0 aliphatic heterocycles. The molecule has 0 fully saturated rings. The minimum atomic E-state index is -2.56. The van der Waals surface area contributed by atoms with Crippen molar-refractivity contribution in [3.8, 4) is 0 Å². The lowest BCUT2D eigenvalue weighted by molar-refractivity contribution is -0.368. The SMILES string of the molecule is CCCCCCCCCCCCC(C)(C)C(O)(O)O. The lowest BCUT2D eigenvalue weighted by atomic mass is 9.84. The van der Waals surface area contributed by atoms with Gasteiger partial charge in [-0.2, -0.15) is 0 Å². The molecule has 3 heteroatoms. The first kappa shape index (κ1) is 18.9. The summed E-state index contributed by atoms with van der Waals surface area (Å²) in [5, 5.41) is 27.6. The van der Waals surface area contributed by atoms with Gasteiger partial charge in [-0.25, -0.2) is 0 Å². The molecule has 0 aliphatic rings. The molecular weight excluding hydrogens is 240 g/mol. The summed E-state index contributed by atoms with van der Waals surface area (Å²) in [6.45, 7) is 5.60. The lowest BCUT2D eigenvalue weighted by Crippen LogP contribution is -2.44. The van der Waals surface area contributed by atoms with Crippen LogP contribution in [-0.4, -0.2) is 21.3 Å². The first-order valence-electron chi connectivity index (χ1n) is 7.98. The third kappa shape index (κ3) is 9.42. The molecule has 0 heterocycles. The van der Waals surface area contributed by atoms with E-state index in [-0.39, 0.29) is 0 Å². The Morgan fingerprint density at radius 1 is 0.632 bits per heavy atom. The number of unbranched alkanes of at least 4 members (excludes halogenated alkanes) is 9. The molecule has 0 aromatic carbocycles. The molecule has 0 unspecified atom stereocenters. The van der Waals surface area contributed by atoms with Crippen molar-refractivity contribution >= 4 is 0 Å². The fourth-order valence-corrected chi connectivity index (χ4v) is 2.22. The smallest absolute Gasteiger partial charge is 0.280 e. The van der Waals surface area contributed by atoms with Gasteiger partial charge >= 0.3 is 0 Å². The van der Waals surface area contributed by atoms with Crippen LogP contribution in [-0.2, 0) is 0 Å². The van der Waals surface area contributed by atoms with Gasteiger partial charge in [0.15, 0.2) is 0 Å². The van der Waals surface area contributed by atoms with Crippen molar-refractivity contribution in [2.75, 3.05) is 0 Å². The molecule has 116 valence electrons. The van der Waals surface area contributed by atoms with Crippen LogP contribution in [0.5, 0.6) is 0 Å². The van der Waals surface area contributed by atoms with Crippen LogP contribution in [0.25, 0.3) is 0 Å². The summed E-state index contributed by atoms with van der Waals surface area (Å²) in [5.41, 5.74) is -0.854. The summed E-state index contributed by atoms with van der Waals surface area (Å²) >= 11 is 0. The molecule has 3 N–H and O–H groups in total. The van der Waals surface area contributed by atoms with Crippen molar-refractivity contribution in [3.05, 3.63) is 0 Å². The van der Waals surface area contributed by atoms with E-state index in [4.69, 9.17) is 0 Å². The van der Waals surface area contributed by atoms with Crippen LogP contribution in [0.1, 0.15) is 91.4 Å². The molecule has 0 saturated heterocycles. The predicted molar refractivity (Wildman–Crippen MR) is 79.6 cm³/mol. The van der Waals surface area contributed by atoms with E-state index in [1.54, 1.807) is 13.8 Å². The van der Waals surface area contributed by atoms with Crippen molar-refractivity contribution in [2.45, 2.75) is 97.4 Å². The Bertz CT molecular complexity index is 207. The highest BCUT2D eigenvalue weighted by atomic mass is 16.7. The van der Waals surface area contributed by atoms with E-state index < -0.39 is 11.4 Å². The third-order valence-corrected chi connectivity index (χ3v) is 4.06.